The minimum atomic E-state index is -0.0685. The van der Waals surface area contributed by atoms with Gasteiger partial charge in [0.1, 0.15) is 0 Å². The average molecular weight is 386 g/mol. The second-order valence-corrected chi connectivity index (χ2v) is 5.94. The second kappa shape index (κ2) is 6.39. The maximum Gasteiger partial charge on any atom is 0.251 e. The maximum atomic E-state index is 12.1. The van der Waals surface area contributed by atoms with E-state index in [9.17, 15) is 4.79 Å². The standard InChI is InChI=1S/C15H13ClINO/c1-10(11-5-7-13(16)8-6-11)18-15(19)12-3-2-4-14(17)9-12/h2-10H,1H3,(H,18,19)/t10-/m0/s1. The Kier molecular flexibility index (Phi) is 4.82. The van der Waals surface area contributed by atoms with Crippen molar-refractivity contribution in [1.82, 2.24) is 5.32 Å². The predicted molar refractivity (Wildman–Crippen MR) is 86.5 cm³/mol. The molecule has 0 saturated carbocycles. The first-order valence-corrected chi connectivity index (χ1v) is 7.34. The third kappa shape index (κ3) is 3.94. The SMILES string of the molecule is C[C@H](NC(=O)c1cccc(I)c1)c1ccc(Cl)cc1. The molecule has 0 aliphatic rings. The molecule has 0 unspecified atom stereocenters. The average Bonchev–Trinajstić information content (AvgIpc) is 2.39. The number of benzene rings is 2. The van der Waals surface area contributed by atoms with Crippen molar-refractivity contribution >= 4 is 40.1 Å². The van der Waals surface area contributed by atoms with Gasteiger partial charge in [-0.1, -0.05) is 29.8 Å². The van der Waals surface area contributed by atoms with Crippen molar-refractivity contribution in [1.29, 1.82) is 0 Å². The van der Waals surface area contributed by atoms with Gasteiger partial charge in [-0.3, -0.25) is 4.79 Å². The second-order valence-electron chi connectivity index (χ2n) is 4.26. The summed E-state index contributed by atoms with van der Waals surface area (Å²) >= 11 is 8.04. The zero-order valence-corrected chi connectivity index (χ0v) is 13.3. The van der Waals surface area contributed by atoms with Crippen LogP contribution in [0.15, 0.2) is 48.5 Å². The molecule has 0 bridgehead atoms. The highest BCUT2D eigenvalue weighted by atomic mass is 127. The molecule has 0 fully saturated rings. The van der Waals surface area contributed by atoms with Crippen LogP contribution in [0.3, 0.4) is 0 Å². The summed E-state index contributed by atoms with van der Waals surface area (Å²) < 4.78 is 1.05. The molecule has 0 radical (unpaired) electrons. The van der Waals surface area contributed by atoms with Crippen LogP contribution in [-0.4, -0.2) is 5.91 Å². The van der Waals surface area contributed by atoms with Crippen molar-refractivity contribution in [2.45, 2.75) is 13.0 Å². The lowest BCUT2D eigenvalue weighted by Gasteiger charge is -2.14. The van der Waals surface area contributed by atoms with Gasteiger partial charge in [-0.05, 0) is 65.4 Å². The molecule has 0 heterocycles. The molecule has 19 heavy (non-hydrogen) atoms. The van der Waals surface area contributed by atoms with Crippen LogP contribution in [-0.2, 0) is 0 Å². The molecule has 2 nitrogen and oxygen atoms in total. The van der Waals surface area contributed by atoms with Crippen molar-refractivity contribution in [3.8, 4) is 0 Å². The largest absolute Gasteiger partial charge is 0.346 e. The Hall–Kier alpha value is -1.07. The lowest BCUT2D eigenvalue weighted by molar-refractivity contribution is 0.0940. The zero-order valence-electron chi connectivity index (χ0n) is 10.4. The Labute approximate surface area is 131 Å². The van der Waals surface area contributed by atoms with Crippen LogP contribution in [0, 0.1) is 3.57 Å². The van der Waals surface area contributed by atoms with E-state index >= 15 is 0 Å². The van der Waals surface area contributed by atoms with Crippen molar-refractivity contribution in [2.24, 2.45) is 0 Å². The summed E-state index contributed by atoms with van der Waals surface area (Å²) in [5.41, 5.74) is 1.70. The predicted octanol–water partition coefficient (Wildman–Crippen LogP) is 4.44. The first-order valence-electron chi connectivity index (χ1n) is 5.88. The van der Waals surface area contributed by atoms with Gasteiger partial charge in [-0.15, -0.1) is 0 Å². The van der Waals surface area contributed by atoms with Gasteiger partial charge in [0, 0.05) is 14.2 Å². The summed E-state index contributed by atoms with van der Waals surface area (Å²) in [6.45, 7) is 1.95. The molecule has 0 aromatic heterocycles. The highest BCUT2D eigenvalue weighted by Crippen LogP contribution is 2.17. The van der Waals surface area contributed by atoms with Gasteiger partial charge >= 0.3 is 0 Å². The van der Waals surface area contributed by atoms with E-state index in [1.807, 2.05) is 55.5 Å². The van der Waals surface area contributed by atoms with Crippen LogP contribution in [0.2, 0.25) is 5.02 Å². The van der Waals surface area contributed by atoms with E-state index in [0.717, 1.165) is 9.13 Å². The molecule has 2 rings (SSSR count). The summed E-state index contributed by atoms with van der Waals surface area (Å²) in [5, 5.41) is 3.67. The number of hydrogen-bond acceptors (Lipinski definition) is 1. The molecule has 0 aliphatic heterocycles. The molecule has 0 spiro atoms. The van der Waals surface area contributed by atoms with E-state index < -0.39 is 0 Å². The van der Waals surface area contributed by atoms with Gasteiger partial charge in [0.25, 0.3) is 5.91 Å². The normalized spacial score (nSPS) is 11.9. The van der Waals surface area contributed by atoms with Gasteiger partial charge < -0.3 is 5.32 Å². The molecular formula is C15H13ClINO. The summed E-state index contributed by atoms with van der Waals surface area (Å²) in [6, 6.07) is 14.9. The lowest BCUT2D eigenvalue weighted by Crippen LogP contribution is -2.26. The Balaban J connectivity index is 2.08. The van der Waals surface area contributed by atoms with Crippen LogP contribution in [0.1, 0.15) is 28.9 Å². The van der Waals surface area contributed by atoms with Crippen molar-refractivity contribution < 1.29 is 4.79 Å². The summed E-state index contributed by atoms with van der Waals surface area (Å²) in [4.78, 5) is 12.1. The molecule has 4 heteroatoms. The van der Waals surface area contributed by atoms with Crippen molar-refractivity contribution in [3.63, 3.8) is 0 Å². The maximum absolute atomic E-state index is 12.1. The number of rotatable bonds is 3. The van der Waals surface area contributed by atoms with Crippen LogP contribution < -0.4 is 5.32 Å². The number of nitrogens with one attached hydrogen (secondary N) is 1. The summed E-state index contributed by atoms with van der Waals surface area (Å²) in [6.07, 6.45) is 0. The van der Waals surface area contributed by atoms with Gasteiger partial charge in [0.05, 0.1) is 6.04 Å². The smallest absolute Gasteiger partial charge is 0.251 e. The van der Waals surface area contributed by atoms with Gasteiger partial charge in [0.15, 0.2) is 0 Å². The third-order valence-electron chi connectivity index (χ3n) is 2.80. The van der Waals surface area contributed by atoms with Crippen LogP contribution in [0.25, 0.3) is 0 Å². The highest BCUT2D eigenvalue weighted by molar-refractivity contribution is 14.1. The topological polar surface area (TPSA) is 29.1 Å². The number of halogens is 2. The molecule has 0 aliphatic carbocycles. The van der Waals surface area contributed by atoms with Crippen molar-refractivity contribution in [3.05, 3.63) is 68.3 Å². The third-order valence-corrected chi connectivity index (χ3v) is 3.73. The minimum Gasteiger partial charge on any atom is -0.346 e. The first kappa shape index (κ1) is 14.3. The van der Waals surface area contributed by atoms with Crippen LogP contribution in [0.5, 0.6) is 0 Å². The summed E-state index contributed by atoms with van der Waals surface area (Å²) in [5.74, 6) is -0.0685. The van der Waals surface area contributed by atoms with E-state index in [1.165, 1.54) is 0 Å². The fourth-order valence-electron chi connectivity index (χ4n) is 1.74. The van der Waals surface area contributed by atoms with Gasteiger partial charge in [0.2, 0.25) is 0 Å². The molecule has 2 aromatic carbocycles. The Bertz CT molecular complexity index is 583. The Morgan fingerprint density at radius 3 is 2.53 bits per heavy atom. The number of carbonyl (C=O) groups is 1. The summed E-state index contributed by atoms with van der Waals surface area (Å²) in [7, 11) is 0. The number of carbonyl (C=O) groups excluding carboxylic acids is 1. The van der Waals surface area contributed by atoms with Gasteiger partial charge in [-0.25, -0.2) is 0 Å². The molecule has 2 aromatic rings. The van der Waals surface area contributed by atoms with Gasteiger partial charge in [-0.2, -0.15) is 0 Å². The monoisotopic (exact) mass is 385 g/mol. The van der Waals surface area contributed by atoms with E-state index in [1.54, 1.807) is 0 Å². The quantitative estimate of drug-likeness (QED) is 0.778. The lowest BCUT2D eigenvalue weighted by atomic mass is 10.1. The molecule has 1 atom stereocenters. The van der Waals surface area contributed by atoms with Crippen LogP contribution >= 0.6 is 34.2 Å². The van der Waals surface area contributed by atoms with E-state index in [0.29, 0.717) is 10.6 Å². The Morgan fingerprint density at radius 2 is 1.89 bits per heavy atom. The Morgan fingerprint density at radius 1 is 1.21 bits per heavy atom. The minimum absolute atomic E-state index is 0.0531. The molecular weight excluding hydrogens is 373 g/mol. The van der Waals surface area contributed by atoms with E-state index in [4.69, 9.17) is 11.6 Å². The zero-order chi connectivity index (χ0) is 13.8. The number of amides is 1. The highest BCUT2D eigenvalue weighted by Gasteiger charge is 2.11. The molecule has 1 amide bonds. The van der Waals surface area contributed by atoms with Crippen molar-refractivity contribution in [2.75, 3.05) is 0 Å². The molecule has 1 N–H and O–H groups in total. The fraction of sp³-hybridized carbons (Fsp3) is 0.133. The first-order chi connectivity index (χ1) is 9.06. The van der Waals surface area contributed by atoms with E-state index in [2.05, 4.69) is 27.9 Å². The van der Waals surface area contributed by atoms with E-state index in [-0.39, 0.29) is 11.9 Å². The number of hydrogen-bond donors (Lipinski definition) is 1. The molecule has 98 valence electrons. The van der Waals surface area contributed by atoms with Crippen LogP contribution in [0.4, 0.5) is 0 Å². The fourth-order valence-corrected chi connectivity index (χ4v) is 2.41. The molecule has 0 saturated heterocycles.